The molecule has 3 rings (SSSR count). The van der Waals surface area contributed by atoms with Crippen LogP contribution in [0.4, 0.5) is 0 Å². The predicted molar refractivity (Wildman–Crippen MR) is 117 cm³/mol. The van der Waals surface area contributed by atoms with Crippen LogP contribution in [-0.4, -0.2) is 49.1 Å². The van der Waals surface area contributed by atoms with E-state index in [-0.39, 0.29) is 24.0 Å². The van der Waals surface area contributed by atoms with Crippen molar-refractivity contribution in [2.45, 2.75) is 58.0 Å². The molecule has 2 aliphatic rings. The lowest BCUT2D eigenvalue weighted by molar-refractivity contribution is 0.167. The SMILES string of the molecule is CCNC(=NCC1Cc2ccccc21)NC1CCN(C(C)C)CC1.I. The van der Waals surface area contributed by atoms with E-state index in [9.17, 15) is 0 Å². The van der Waals surface area contributed by atoms with Crippen LogP contribution < -0.4 is 10.6 Å². The highest BCUT2D eigenvalue weighted by atomic mass is 127. The second kappa shape index (κ2) is 9.76. The van der Waals surface area contributed by atoms with Crippen LogP contribution >= 0.6 is 24.0 Å². The number of likely N-dealkylation sites (tertiary alicyclic amines) is 1. The third-order valence-corrected chi connectivity index (χ3v) is 5.38. The van der Waals surface area contributed by atoms with Crippen molar-refractivity contribution >= 4 is 29.9 Å². The van der Waals surface area contributed by atoms with Gasteiger partial charge in [-0.1, -0.05) is 24.3 Å². The summed E-state index contributed by atoms with van der Waals surface area (Å²) in [4.78, 5) is 7.43. The van der Waals surface area contributed by atoms with Gasteiger partial charge in [0.25, 0.3) is 0 Å². The minimum atomic E-state index is 0. The fraction of sp³-hybridized carbons (Fsp3) is 0.650. The second-order valence-electron chi connectivity index (χ2n) is 7.37. The first-order valence-electron chi connectivity index (χ1n) is 9.54. The number of rotatable bonds is 5. The van der Waals surface area contributed by atoms with Gasteiger partial charge in [0.1, 0.15) is 0 Å². The highest BCUT2D eigenvalue weighted by molar-refractivity contribution is 14.0. The number of nitrogens with zero attached hydrogens (tertiary/aromatic N) is 2. The third-order valence-electron chi connectivity index (χ3n) is 5.38. The first kappa shape index (κ1) is 20.5. The number of aliphatic imine (C=N–C) groups is 1. The molecule has 1 aliphatic carbocycles. The Morgan fingerprint density at radius 1 is 1.24 bits per heavy atom. The Bertz CT molecular complexity index is 565. The van der Waals surface area contributed by atoms with Gasteiger partial charge in [0.15, 0.2) is 5.96 Å². The zero-order chi connectivity index (χ0) is 16.9. The van der Waals surface area contributed by atoms with Crippen molar-refractivity contribution in [1.82, 2.24) is 15.5 Å². The van der Waals surface area contributed by atoms with Crippen molar-refractivity contribution in [1.29, 1.82) is 0 Å². The van der Waals surface area contributed by atoms with E-state index in [2.05, 4.69) is 60.6 Å². The molecule has 0 bridgehead atoms. The monoisotopic (exact) mass is 456 g/mol. The number of benzene rings is 1. The fourth-order valence-electron chi connectivity index (χ4n) is 3.80. The van der Waals surface area contributed by atoms with Crippen molar-refractivity contribution in [3.8, 4) is 0 Å². The van der Waals surface area contributed by atoms with Gasteiger partial charge in [-0.2, -0.15) is 0 Å². The maximum Gasteiger partial charge on any atom is 0.191 e. The Hall–Kier alpha value is -0.820. The van der Waals surface area contributed by atoms with Crippen LogP contribution in [0.5, 0.6) is 0 Å². The molecular weight excluding hydrogens is 423 g/mol. The molecule has 1 aromatic rings. The Balaban J connectivity index is 0.00000225. The normalized spacial score (nSPS) is 21.3. The molecule has 1 aromatic carbocycles. The molecule has 1 aliphatic heterocycles. The van der Waals surface area contributed by atoms with Gasteiger partial charge in [-0.15, -0.1) is 24.0 Å². The zero-order valence-electron chi connectivity index (χ0n) is 15.8. The minimum absolute atomic E-state index is 0. The Morgan fingerprint density at radius 2 is 1.96 bits per heavy atom. The van der Waals surface area contributed by atoms with Gasteiger partial charge in [0.05, 0.1) is 0 Å². The number of fused-ring (bicyclic) bond motifs is 1. The summed E-state index contributed by atoms with van der Waals surface area (Å²) in [6.07, 6.45) is 3.58. The van der Waals surface area contributed by atoms with Crippen LogP contribution in [0.2, 0.25) is 0 Å². The highest BCUT2D eigenvalue weighted by Crippen LogP contribution is 2.34. The molecule has 1 unspecified atom stereocenters. The summed E-state index contributed by atoms with van der Waals surface area (Å²) in [6, 6.07) is 9.97. The molecule has 0 spiro atoms. The zero-order valence-corrected chi connectivity index (χ0v) is 18.1. The van der Waals surface area contributed by atoms with E-state index < -0.39 is 0 Å². The van der Waals surface area contributed by atoms with E-state index in [4.69, 9.17) is 4.99 Å². The minimum Gasteiger partial charge on any atom is -0.357 e. The molecule has 140 valence electrons. The van der Waals surface area contributed by atoms with Gasteiger partial charge in [-0.05, 0) is 51.2 Å². The molecule has 2 N–H and O–H groups in total. The maximum absolute atomic E-state index is 4.86. The van der Waals surface area contributed by atoms with Crippen LogP contribution in [0.1, 0.15) is 50.7 Å². The van der Waals surface area contributed by atoms with Gasteiger partial charge in [-0.3, -0.25) is 4.99 Å². The van der Waals surface area contributed by atoms with Crippen molar-refractivity contribution in [2.75, 3.05) is 26.2 Å². The van der Waals surface area contributed by atoms with E-state index in [1.165, 1.54) is 43.5 Å². The predicted octanol–water partition coefficient (Wildman–Crippen LogP) is 3.37. The average Bonchev–Trinajstić information content (AvgIpc) is 2.56. The molecule has 1 fully saturated rings. The number of guanidine groups is 1. The number of hydrogen-bond acceptors (Lipinski definition) is 2. The average molecular weight is 456 g/mol. The molecule has 1 saturated heterocycles. The smallest absolute Gasteiger partial charge is 0.191 e. The van der Waals surface area contributed by atoms with Gasteiger partial charge in [0, 0.05) is 44.2 Å². The van der Waals surface area contributed by atoms with Gasteiger partial charge in [-0.25, -0.2) is 0 Å². The summed E-state index contributed by atoms with van der Waals surface area (Å²) in [7, 11) is 0. The summed E-state index contributed by atoms with van der Waals surface area (Å²) in [5.74, 6) is 1.59. The molecular formula is C20H33IN4. The van der Waals surface area contributed by atoms with Crippen LogP contribution in [0.15, 0.2) is 29.3 Å². The van der Waals surface area contributed by atoms with E-state index >= 15 is 0 Å². The number of piperidine rings is 1. The van der Waals surface area contributed by atoms with Crippen LogP contribution in [0.25, 0.3) is 0 Å². The fourth-order valence-corrected chi connectivity index (χ4v) is 3.80. The summed E-state index contributed by atoms with van der Waals surface area (Å²) < 4.78 is 0. The summed E-state index contributed by atoms with van der Waals surface area (Å²) in [6.45, 7) is 10.9. The van der Waals surface area contributed by atoms with Crippen molar-refractivity contribution in [3.63, 3.8) is 0 Å². The van der Waals surface area contributed by atoms with Crippen LogP contribution in [0.3, 0.4) is 0 Å². The molecule has 1 heterocycles. The van der Waals surface area contributed by atoms with Gasteiger partial charge in [0.2, 0.25) is 0 Å². The molecule has 0 amide bonds. The van der Waals surface area contributed by atoms with Gasteiger partial charge >= 0.3 is 0 Å². The van der Waals surface area contributed by atoms with E-state index in [1.807, 2.05) is 0 Å². The lowest BCUT2D eigenvalue weighted by Gasteiger charge is -2.35. The van der Waals surface area contributed by atoms with Crippen LogP contribution in [-0.2, 0) is 6.42 Å². The molecule has 25 heavy (non-hydrogen) atoms. The van der Waals surface area contributed by atoms with E-state index in [1.54, 1.807) is 0 Å². The van der Waals surface area contributed by atoms with Crippen molar-refractivity contribution in [2.24, 2.45) is 4.99 Å². The highest BCUT2D eigenvalue weighted by Gasteiger charge is 2.25. The number of hydrogen-bond donors (Lipinski definition) is 2. The van der Waals surface area contributed by atoms with Gasteiger partial charge < -0.3 is 15.5 Å². The molecule has 0 saturated carbocycles. The summed E-state index contributed by atoms with van der Waals surface area (Å²) in [5.41, 5.74) is 2.99. The lowest BCUT2D eigenvalue weighted by atomic mass is 9.78. The number of nitrogens with one attached hydrogen (secondary N) is 2. The van der Waals surface area contributed by atoms with Crippen molar-refractivity contribution in [3.05, 3.63) is 35.4 Å². The molecule has 5 heteroatoms. The Morgan fingerprint density at radius 3 is 2.60 bits per heavy atom. The topological polar surface area (TPSA) is 39.7 Å². The van der Waals surface area contributed by atoms with E-state index in [0.717, 1.165) is 19.0 Å². The standard InChI is InChI=1S/C20H32N4.HI/c1-4-21-20(23-18-9-11-24(12-10-18)15(2)3)22-14-17-13-16-7-5-6-8-19(16)17;/h5-8,15,17-18H,4,9-14H2,1-3H3,(H2,21,22,23);1H. The summed E-state index contributed by atoms with van der Waals surface area (Å²) in [5, 5.41) is 7.07. The maximum atomic E-state index is 4.86. The Labute approximate surface area is 169 Å². The Kier molecular flexibility index (Phi) is 8.00. The summed E-state index contributed by atoms with van der Waals surface area (Å²) >= 11 is 0. The lowest BCUT2D eigenvalue weighted by Crippen LogP contribution is -2.50. The van der Waals surface area contributed by atoms with E-state index in [0.29, 0.717) is 18.0 Å². The number of halogens is 1. The largest absolute Gasteiger partial charge is 0.357 e. The molecule has 4 nitrogen and oxygen atoms in total. The molecule has 0 radical (unpaired) electrons. The quantitative estimate of drug-likeness (QED) is 0.406. The molecule has 1 atom stereocenters. The third kappa shape index (κ3) is 5.33. The van der Waals surface area contributed by atoms with Crippen molar-refractivity contribution < 1.29 is 0 Å². The van der Waals surface area contributed by atoms with Crippen LogP contribution in [0, 0.1) is 0 Å². The first-order chi connectivity index (χ1) is 11.7. The molecule has 0 aromatic heterocycles. The second-order valence-corrected chi connectivity index (χ2v) is 7.37. The first-order valence-corrected chi connectivity index (χ1v) is 9.54.